The number of hydrogen-bond acceptors (Lipinski definition) is 4. The summed E-state index contributed by atoms with van der Waals surface area (Å²) in [7, 11) is -3.28. The van der Waals surface area contributed by atoms with Gasteiger partial charge >= 0.3 is 0 Å². The van der Waals surface area contributed by atoms with Gasteiger partial charge in [0.05, 0.1) is 16.3 Å². The molecule has 0 bridgehead atoms. The number of sulfone groups is 1. The lowest BCUT2D eigenvalue weighted by Crippen LogP contribution is -2.27. The zero-order valence-corrected chi connectivity index (χ0v) is 13.0. The second kappa shape index (κ2) is 6.04. The van der Waals surface area contributed by atoms with E-state index < -0.39 is 9.84 Å². The fourth-order valence-corrected chi connectivity index (χ4v) is 3.84. The molecular formula is C15H24N2O2S. The molecule has 1 aliphatic carbocycles. The summed E-state index contributed by atoms with van der Waals surface area (Å²) in [6.07, 6.45) is 7.18. The van der Waals surface area contributed by atoms with Crippen LogP contribution < -0.4 is 11.1 Å². The summed E-state index contributed by atoms with van der Waals surface area (Å²) in [4.78, 5) is 0.213. The van der Waals surface area contributed by atoms with Gasteiger partial charge in [-0.2, -0.15) is 0 Å². The predicted octanol–water partition coefficient (Wildman–Crippen LogP) is 3.05. The average molecular weight is 296 g/mol. The Morgan fingerprint density at radius 2 is 2.10 bits per heavy atom. The van der Waals surface area contributed by atoms with Crippen LogP contribution in [0.2, 0.25) is 0 Å². The van der Waals surface area contributed by atoms with Gasteiger partial charge in [0, 0.05) is 12.3 Å². The van der Waals surface area contributed by atoms with Gasteiger partial charge in [-0.1, -0.05) is 32.3 Å². The number of nitrogens with two attached hydrogens (primary N) is 1. The Hall–Kier alpha value is -1.23. The molecule has 2 atom stereocenters. The summed E-state index contributed by atoms with van der Waals surface area (Å²) in [5, 5.41) is 3.44. The monoisotopic (exact) mass is 296 g/mol. The van der Waals surface area contributed by atoms with Crippen molar-refractivity contribution in [3.8, 4) is 0 Å². The van der Waals surface area contributed by atoms with Gasteiger partial charge in [0.25, 0.3) is 0 Å². The van der Waals surface area contributed by atoms with Gasteiger partial charge in [-0.25, -0.2) is 8.42 Å². The molecule has 0 aliphatic heterocycles. The maximum Gasteiger partial charge on any atom is 0.177 e. The average Bonchev–Trinajstić information content (AvgIpc) is 2.40. The lowest BCUT2D eigenvalue weighted by molar-refractivity contribution is 0.327. The number of rotatable bonds is 4. The molecule has 1 saturated carbocycles. The molecule has 0 radical (unpaired) electrons. The molecule has 20 heavy (non-hydrogen) atoms. The van der Waals surface area contributed by atoms with Crippen LogP contribution in [0.5, 0.6) is 0 Å². The molecule has 112 valence electrons. The molecule has 0 amide bonds. The first-order valence-corrected chi connectivity index (χ1v) is 9.16. The largest absolute Gasteiger partial charge is 0.396 e. The van der Waals surface area contributed by atoms with Crippen LogP contribution in [0.1, 0.15) is 39.0 Å². The summed E-state index contributed by atoms with van der Waals surface area (Å²) in [5.41, 5.74) is 7.10. The van der Waals surface area contributed by atoms with Crippen LogP contribution in [0.15, 0.2) is 23.1 Å². The highest BCUT2D eigenvalue weighted by molar-refractivity contribution is 7.90. The highest BCUT2D eigenvalue weighted by atomic mass is 32.2. The molecule has 4 nitrogen and oxygen atoms in total. The number of para-hydroxylation sites is 1. The van der Waals surface area contributed by atoms with Crippen LogP contribution in [0, 0.1) is 5.92 Å². The Morgan fingerprint density at radius 1 is 1.35 bits per heavy atom. The molecule has 0 spiro atoms. The summed E-state index contributed by atoms with van der Waals surface area (Å²) < 4.78 is 23.4. The molecule has 0 saturated heterocycles. The van der Waals surface area contributed by atoms with Crippen molar-refractivity contribution in [2.45, 2.75) is 50.0 Å². The summed E-state index contributed by atoms with van der Waals surface area (Å²) in [5.74, 6) is 0.764. The Morgan fingerprint density at radius 3 is 2.75 bits per heavy atom. The molecular weight excluding hydrogens is 272 g/mol. The third-order valence-corrected chi connectivity index (χ3v) is 5.34. The normalized spacial score (nSPS) is 23.5. The first kappa shape index (κ1) is 15.2. The quantitative estimate of drug-likeness (QED) is 0.838. The summed E-state index contributed by atoms with van der Waals surface area (Å²) >= 11 is 0. The second-order valence-corrected chi connectivity index (χ2v) is 7.76. The minimum absolute atomic E-state index is 0.213. The van der Waals surface area contributed by atoms with E-state index in [1.54, 1.807) is 12.1 Å². The van der Waals surface area contributed by atoms with Crippen LogP contribution >= 0.6 is 0 Å². The maximum absolute atomic E-state index is 11.7. The fraction of sp³-hybridized carbons (Fsp3) is 0.600. The van der Waals surface area contributed by atoms with Crippen molar-refractivity contribution >= 4 is 21.2 Å². The molecule has 1 aliphatic rings. The highest BCUT2D eigenvalue weighted by Crippen LogP contribution is 2.32. The van der Waals surface area contributed by atoms with Crippen molar-refractivity contribution in [1.82, 2.24) is 0 Å². The lowest BCUT2D eigenvalue weighted by atomic mass is 9.84. The van der Waals surface area contributed by atoms with Crippen molar-refractivity contribution in [2.24, 2.45) is 5.92 Å². The standard InChI is InChI=1S/C15H24N2O2S/c1-3-11-6-4-7-12(10-11)17-13-8-5-9-14(15(13)16)20(2,18)19/h5,8-9,11-12,17H,3-4,6-7,10,16H2,1-2H3. The van der Waals surface area contributed by atoms with Gasteiger partial charge in [-0.05, 0) is 30.9 Å². The van der Waals surface area contributed by atoms with E-state index in [1.807, 2.05) is 6.07 Å². The van der Waals surface area contributed by atoms with Crippen LogP contribution in [0.25, 0.3) is 0 Å². The second-order valence-electron chi connectivity index (χ2n) is 5.77. The molecule has 3 N–H and O–H groups in total. The topological polar surface area (TPSA) is 72.2 Å². The number of anilines is 2. The van der Waals surface area contributed by atoms with Gasteiger partial charge in [0.1, 0.15) is 0 Å². The Kier molecular flexibility index (Phi) is 4.58. The van der Waals surface area contributed by atoms with E-state index in [-0.39, 0.29) is 4.90 Å². The molecule has 2 rings (SSSR count). The van der Waals surface area contributed by atoms with Gasteiger partial charge in [0.2, 0.25) is 0 Å². The molecule has 2 unspecified atom stereocenters. The zero-order valence-electron chi connectivity index (χ0n) is 12.2. The number of nitrogens with one attached hydrogen (secondary N) is 1. The molecule has 5 heteroatoms. The van der Waals surface area contributed by atoms with Crippen molar-refractivity contribution in [2.75, 3.05) is 17.3 Å². The van der Waals surface area contributed by atoms with E-state index in [9.17, 15) is 8.42 Å². The van der Waals surface area contributed by atoms with Gasteiger partial charge < -0.3 is 11.1 Å². The molecule has 1 aromatic carbocycles. The van der Waals surface area contributed by atoms with Crippen molar-refractivity contribution in [1.29, 1.82) is 0 Å². The Labute approximate surface area is 121 Å². The van der Waals surface area contributed by atoms with E-state index in [2.05, 4.69) is 12.2 Å². The third-order valence-electron chi connectivity index (χ3n) is 4.19. The van der Waals surface area contributed by atoms with E-state index >= 15 is 0 Å². The first-order chi connectivity index (χ1) is 9.41. The fourth-order valence-electron chi connectivity index (χ4n) is 3.01. The van der Waals surface area contributed by atoms with Crippen LogP contribution in [-0.2, 0) is 9.84 Å². The summed E-state index contributed by atoms with van der Waals surface area (Å²) in [6, 6.07) is 5.56. The van der Waals surface area contributed by atoms with E-state index in [0.717, 1.165) is 24.4 Å². The number of nitrogen functional groups attached to an aromatic ring is 1. The van der Waals surface area contributed by atoms with E-state index in [1.165, 1.54) is 25.5 Å². The van der Waals surface area contributed by atoms with E-state index in [4.69, 9.17) is 5.73 Å². The summed E-state index contributed by atoms with van der Waals surface area (Å²) in [6.45, 7) is 2.23. The van der Waals surface area contributed by atoms with E-state index in [0.29, 0.717) is 11.7 Å². The van der Waals surface area contributed by atoms with Gasteiger partial charge in [0.15, 0.2) is 9.84 Å². The van der Waals surface area contributed by atoms with Crippen LogP contribution in [-0.4, -0.2) is 20.7 Å². The van der Waals surface area contributed by atoms with Crippen LogP contribution in [0.3, 0.4) is 0 Å². The number of benzene rings is 1. The maximum atomic E-state index is 11.7. The SMILES string of the molecule is CCC1CCCC(Nc2cccc(S(C)(=O)=O)c2N)C1. The smallest absolute Gasteiger partial charge is 0.177 e. The molecule has 0 heterocycles. The van der Waals surface area contributed by atoms with Crippen molar-refractivity contribution in [3.05, 3.63) is 18.2 Å². The van der Waals surface area contributed by atoms with Crippen molar-refractivity contribution < 1.29 is 8.42 Å². The third kappa shape index (κ3) is 3.45. The Balaban J connectivity index is 2.18. The first-order valence-electron chi connectivity index (χ1n) is 7.27. The molecule has 1 fully saturated rings. The Bertz CT molecular complexity index is 569. The zero-order chi connectivity index (χ0) is 14.8. The van der Waals surface area contributed by atoms with Crippen LogP contribution in [0.4, 0.5) is 11.4 Å². The minimum Gasteiger partial charge on any atom is -0.396 e. The number of hydrogen-bond donors (Lipinski definition) is 2. The predicted molar refractivity (Wildman–Crippen MR) is 83.6 cm³/mol. The minimum atomic E-state index is -3.28. The molecule has 0 aromatic heterocycles. The van der Waals surface area contributed by atoms with Gasteiger partial charge in [-0.3, -0.25) is 0 Å². The van der Waals surface area contributed by atoms with Crippen molar-refractivity contribution in [3.63, 3.8) is 0 Å². The highest BCUT2D eigenvalue weighted by Gasteiger charge is 2.22. The lowest BCUT2D eigenvalue weighted by Gasteiger charge is -2.30. The van der Waals surface area contributed by atoms with Gasteiger partial charge in [-0.15, -0.1) is 0 Å². The molecule has 1 aromatic rings.